The van der Waals surface area contributed by atoms with Crippen LogP contribution in [0.5, 0.6) is 0 Å². The number of nitrogens with two attached hydrogens (primary N) is 1. The van der Waals surface area contributed by atoms with Gasteiger partial charge >= 0.3 is 24.2 Å². The highest BCUT2D eigenvalue weighted by molar-refractivity contribution is 5.87. The molecule has 0 aromatic heterocycles. The lowest BCUT2D eigenvalue weighted by molar-refractivity contribution is -0.155. The van der Waals surface area contributed by atoms with Crippen LogP contribution in [0.4, 0.5) is 9.59 Å². The fourth-order valence-electron chi connectivity index (χ4n) is 4.41. The molecule has 11 nitrogen and oxygen atoms in total. The van der Waals surface area contributed by atoms with Crippen molar-refractivity contribution in [2.75, 3.05) is 13.2 Å². The van der Waals surface area contributed by atoms with E-state index in [0.29, 0.717) is 12.8 Å². The van der Waals surface area contributed by atoms with E-state index in [4.69, 9.17) is 34.2 Å². The third-order valence-corrected chi connectivity index (χ3v) is 6.18. The predicted molar refractivity (Wildman–Crippen MR) is 97.4 cm³/mol. The Labute approximate surface area is 178 Å². The van der Waals surface area contributed by atoms with Gasteiger partial charge in [-0.1, -0.05) is 0 Å². The van der Waals surface area contributed by atoms with Crippen molar-refractivity contribution in [3.05, 3.63) is 0 Å². The van der Waals surface area contributed by atoms with E-state index >= 15 is 0 Å². The maximum absolute atomic E-state index is 12.6. The largest absolute Gasteiger partial charge is 0.509 e. The second-order valence-corrected chi connectivity index (χ2v) is 7.98. The van der Waals surface area contributed by atoms with Gasteiger partial charge in [0.25, 0.3) is 0 Å². The molecule has 2 N–H and O–H groups in total. The first kappa shape index (κ1) is 22.4. The lowest BCUT2D eigenvalue weighted by Gasteiger charge is -2.25. The van der Waals surface area contributed by atoms with Crippen LogP contribution in [0, 0.1) is 17.8 Å². The number of rotatable bonds is 6. The summed E-state index contributed by atoms with van der Waals surface area (Å²) >= 11 is 0. The van der Waals surface area contributed by atoms with Crippen LogP contribution in [-0.4, -0.2) is 67.4 Å². The van der Waals surface area contributed by atoms with E-state index in [1.807, 2.05) is 0 Å². The Morgan fingerprint density at radius 2 is 1.53 bits per heavy atom. The highest BCUT2D eigenvalue weighted by Gasteiger charge is 2.70. The Morgan fingerprint density at radius 1 is 1.00 bits per heavy atom. The first-order valence-corrected chi connectivity index (χ1v) is 9.58. The van der Waals surface area contributed by atoms with Crippen molar-refractivity contribution in [3.63, 3.8) is 0 Å². The SMILES string of the molecule is CC1OC(=O)OC1COC(=O)[C@H]1[C@@H]2CC[C@@](N)(C(=O)OCC3OC(=O)OC3C)[C@@H]21.Cl. The van der Waals surface area contributed by atoms with Gasteiger partial charge in [-0.15, -0.1) is 12.4 Å². The molecule has 0 spiro atoms. The van der Waals surface area contributed by atoms with Crippen LogP contribution in [0.2, 0.25) is 0 Å². The highest BCUT2D eigenvalue weighted by atomic mass is 35.5. The van der Waals surface area contributed by atoms with Gasteiger partial charge in [0.1, 0.15) is 31.0 Å². The maximum atomic E-state index is 12.6. The minimum absolute atomic E-state index is 0. The van der Waals surface area contributed by atoms with Gasteiger partial charge in [0.15, 0.2) is 12.2 Å². The average molecular weight is 450 g/mol. The van der Waals surface area contributed by atoms with Crippen LogP contribution in [-0.2, 0) is 38.0 Å². The van der Waals surface area contributed by atoms with Crippen molar-refractivity contribution in [2.24, 2.45) is 23.5 Å². The second-order valence-electron chi connectivity index (χ2n) is 7.98. The Hall–Kier alpha value is -2.27. The zero-order chi connectivity index (χ0) is 20.9. The van der Waals surface area contributed by atoms with Crippen molar-refractivity contribution in [1.82, 2.24) is 0 Å². The minimum atomic E-state index is -1.29. The number of hydrogen-bond donors (Lipinski definition) is 1. The van der Waals surface area contributed by atoms with Gasteiger partial charge in [-0.25, -0.2) is 9.59 Å². The molecule has 2 saturated heterocycles. The number of carbonyl (C=O) groups is 4. The van der Waals surface area contributed by atoms with Gasteiger partial charge in [-0.3, -0.25) is 9.59 Å². The van der Waals surface area contributed by atoms with Gasteiger partial charge in [0.05, 0.1) is 5.92 Å². The molecule has 0 amide bonds. The summed E-state index contributed by atoms with van der Waals surface area (Å²) in [5.74, 6) is -2.04. The summed E-state index contributed by atoms with van der Waals surface area (Å²) in [6.45, 7) is 2.99. The Bertz CT molecular complexity index is 746. The fraction of sp³-hybridized carbons (Fsp3) is 0.778. The van der Waals surface area contributed by atoms with Crippen molar-refractivity contribution in [2.45, 2.75) is 56.6 Å². The predicted octanol–water partition coefficient (Wildman–Crippen LogP) is 0.696. The summed E-state index contributed by atoms with van der Waals surface area (Å²) in [7, 11) is 0. The number of hydrogen-bond acceptors (Lipinski definition) is 11. The van der Waals surface area contributed by atoms with E-state index < -0.39 is 60.1 Å². The van der Waals surface area contributed by atoms with Crippen molar-refractivity contribution in [1.29, 1.82) is 0 Å². The summed E-state index contributed by atoms with van der Waals surface area (Å²) in [6.07, 6.45) is -2.98. The van der Waals surface area contributed by atoms with E-state index in [-0.39, 0.29) is 37.5 Å². The Kier molecular flexibility index (Phi) is 6.06. The number of carbonyl (C=O) groups excluding carboxylic acids is 4. The summed E-state index contributed by atoms with van der Waals surface area (Å²) in [5, 5.41) is 0. The summed E-state index contributed by atoms with van der Waals surface area (Å²) < 4.78 is 30.0. The minimum Gasteiger partial charge on any atom is -0.461 e. The van der Waals surface area contributed by atoms with Crippen molar-refractivity contribution < 1.29 is 47.6 Å². The molecule has 12 heteroatoms. The van der Waals surface area contributed by atoms with E-state index in [1.165, 1.54) is 0 Å². The summed E-state index contributed by atoms with van der Waals surface area (Å²) in [5.41, 5.74) is 5.02. The van der Waals surface area contributed by atoms with Crippen LogP contribution in [0.25, 0.3) is 0 Å². The smallest absolute Gasteiger partial charge is 0.461 e. The summed E-state index contributed by atoms with van der Waals surface area (Å²) in [4.78, 5) is 47.2. The van der Waals surface area contributed by atoms with Gasteiger partial charge in [-0.2, -0.15) is 0 Å². The number of cyclic esters (lactones) is 4. The number of esters is 2. The molecule has 2 heterocycles. The molecule has 4 fully saturated rings. The van der Waals surface area contributed by atoms with Crippen LogP contribution in [0.1, 0.15) is 26.7 Å². The van der Waals surface area contributed by atoms with Crippen LogP contribution in [0.15, 0.2) is 0 Å². The molecule has 2 aliphatic carbocycles. The molecule has 4 aliphatic rings. The molecule has 8 atom stereocenters. The number of ether oxygens (including phenoxy) is 6. The quantitative estimate of drug-likeness (QED) is 0.450. The standard InChI is InChI=1S/C18H23NO10.ClH/c1-7-10(28-16(22)26-7)5-24-14(20)12-9-3-4-18(19,13(9)12)15(21)25-6-11-8(2)27-17(23)29-11;/h7-13H,3-6,19H2,1-2H3;1H/t7?,8?,9-,10?,11?,12-,13-,18-;/m0./s1. The van der Waals surface area contributed by atoms with E-state index in [0.717, 1.165) is 0 Å². The lowest BCUT2D eigenvalue weighted by atomic mass is 9.91. The molecule has 0 bridgehead atoms. The van der Waals surface area contributed by atoms with E-state index in [9.17, 15) is 19.2 Å². The molecule has 0 radical (unpaired) electrons. The molecule has 4 unspecified atom stereocenters. The summed E-state index contributed by atoms with van der Waals surface area (Å²) in [6, 6.07) is 0. The monoisotopic (exact) mass is 449 g/mol. The van der Waals surface area contributed by atoms with Gasteiger partial charge in [0.2, 0.25) is 0 Å². The van der Waals surface area contributed by atoms with Crippen LogP contribution in [0.3, 0.4) is 0 Å². The first-order valence-electron chi connectivity index (χ1n) is 9.58. The van der Waals surface area contributed by atoms with Gasteiger partial charge in [0, 0.05) is 5.92 Å². The normalized spacial score (nSPS) is 40.8. The highest BCUT2D eigenvalue weighted by Crippen LogP contribution is 2.62. The van der Waals surface area contributed by atoms with Crippen molar-refractivity contribution in [3.8, 4) is 0 Å². The van der Waals surface area contributed by atoms with E-state index in [1.54, 1.807) is 13.8 Å². The number of fused-ring (bicyclic) bond motifs is 1. The van der Waals surface area contributed by atoms with Gasteiger partial charge in [-0.05, 0) is 32.6 Å². The van der Waals surface area contributed by atoms with Crippen LogP contribution >= 0.6 is 12.4 Å². The third-order valence-electron chi connectivity index (χ3n) is 6.18. The van der Waals surface area contributed by atoms with Gasteiger partial charge < -0.3 is 34.2 Å². The molecule has 2 aliphatic heterocycles. The second kappa shape index (κ2) is 8.10. The molecule has 0 aromatic carbocycles. The molecule has 30 heavy (non-hydrogen) atoms. The molecule has 2 saturated carbocycles. The van der Waals surface area contributed by atoms with Crippen LogP contribution < -0.4 is 5.73 Å². The molecule has 0 aromatic rings. The third kappa shape index (κ3) is 3.87. The lowest BCUT2D eigenvalue weighted by Crippen LogP contribution is -2.51. The average Bonchev–Trinajstić information content (AvgIpc) is 2.98. The van der Waals surface area contributed by atoms with E-state index in [2.05, 4.69) is 0 Å². The first-order chi connectivity index (χ1) is 13.7. The zero-order valence-electron chi connectivity index (χ0n) is 16.4. The molecule has 4 rings (SSSR count). The molecular formula is C18H24ClNO10. The fourth-order valence-corrected chi connectivity index (χ4v) is 4.41. The maximum Gasteiger partial charge on any atom is 0.509 e. The Morgan fingerprint density at radius 3 is 2.03 bits per heavy atom. The number of halogens is 1. The van der Waals surface area contributed by atoms with Crippen molar-refractivity contribution >= 4 is 36.7 Å². The molecular weight excluding hydrogens is 426 g/mol. The topological polar surface area (TPSA) is 150 Å². The zero-order valence-corrected chi connectivity index (χ0v) is 17.3. The Balaban J connectivity index is 0.00000256. The molecule has 168 valence electrons.